The Morgan fingerprint density at radius 2 is 1.73 bits per heavy atom. The van der Waals surface area contributed by atoms with E-state index in [0.717, 1.165) is 68.0 Å². The number of likely N-dealkylation sites (tertiary alicyclic amines) is 2. The normalized spacial score (nSPS) is 22.8. The van der Waals surface area contributed by atoms with Crippen LogP contribution in [-0.4, -0.2) is 47.8 Å². The van der Waals surface area contributed by atoms with Crippen molar-refractivity contribution in [2.45, 2.75) is 52.4 Å². The highest BCUT2D eigenvalue weighted by atomic mass is 16.2. The van der Waals surface area contributed by atoms with Crippen molar-refractivity contribution in [2.24, 2.45) is 11.3 Å². The molecular weight excluding hydrogens is 324 g/mol. The monoisotopic (exact) mass is 354 g/mol. The third-order valence-corrected chi connectivity index (χ3v) is 6.50. The van der Waals surface area contributed by atoms with Gasteiger partial charge in [0.15, 0.2) is 0 Å². The van der Waals surface area contributed by atoms with Gasteiger partial charge in [-0.15, -0.1) is 0 Å². The number of benzene rings is 1. The predicted molar refractivity (Wildman–Crippen MR) is 102 cm³/mol. The van der Waals surface area contributed by atoms with Gasteiger partial charge in [-0.25, -0.2) is 0 Å². The van der Waals surface area contributed by atoms with Crippen LogP contribution in [0.2, 0.25) is 0 Å². The second kappa shape index (κ2) is 6.71. The topological polar surface area (TPSA) is 40.6 Å². The van der Waals surface area contributed by atoms with E-state index in [2.05, 4.69) is 11.0 Å². The number of hydrogen-bond acceptors (Lipinski definition) is 2. The van der Waals surface area contributed by atoms with E-state index in [1.165, 1.54) is 12.8 Å². The molecule has 0 unspecified atom stereocenters. The second-order valence-electron chi connectivity index (χ2n) is 8.89. The molecule has 26 heavy (non-hydrogen) atoms. The molecule has 4 rings (SSSR count). The first kappa shape index (κ1) is 17.6. The van der Waals surface area contributed by atoms with E-state index in [4.69, 9.17) is 0 Å². The van der Waals surface area contributed by atoms with E-state index in [0.29, 0.717) is 12.3 Å². The lowest BCUT2D eigenvalue weighted by Gasteiger charge is -2.47. The van der Waals surface area contributed by atoms with Crippen molar-refractivity contribution in [2.75, 3.05) is 26.2 Å². The van der Waals surface area contributed by atoms with Gasteiger partial charge in [-0.3, -0.25) is 9.59 Å². The molecule has 4 heteroatoms. The van der Waals surface area contributed by atoms with Gasteiger partial charge in [0.05, 0.1) is 0 Å². The second-order valence-corrected chi connectivity index (χ2v) is 8.89. The average molecular weight is 354 g/mol. The fourth-order valence-electron chi connectivity index (χ4n) is 4.75. The van der Waals surface area contributed by atoms with Crippen LogP contribution in [0, 0.1) is 25.2 Å². The van der Waals surface area contributed by atoms with Crippen LogP contribution in [0.3, 0.4) is 0 Å². The molecule has 3 fully saturated rings. The maximum Gasteiger partial charge on any atom is 0.253 e. The summed E-state index contributed by atoms with van der Waals surface area (Å²) >= 11 is 0. The Hall–Kier alpha value is -1.84. The lowest BCUT2D eigenvalue weighted by Crippen LogP contribution is -2.52. The Balaban J connectivity index is 1.40. The minimum Gasteiger partial charge on any atom is -0.342 e. The Kier molecular flexibility index (Phi) is 4.54. The summed E-state index contributed by atoms with van der Waals surface area (Å²) in [5.41, 5.74) is 3.33. The van der Waals surface area contributed by atoms with Crippen molar-refractivity contribution in [1.29, 1.82) is 0 Å². The quantitative estimate of drug-likeness (QED) is 0.833. The zero-order chi connectivity index (χ0) is 18.3. The fraction of sp³-hybridized carbons (Fsp3) is 0.636. The van der Waals surface area contributed by atoms with Crippen LogP contribution in [0.4, 0.5) is 0 Å². The van der Waals surface area contributed by atoms with E-state index >= 15 is 0 Å². The Labute approximate surface area is 156 Å². The van der Waals surface area contributed by atoms with Crippen molar-refractivity contribution in [1.82, 2.24) is 9.80 Å². The van der Waals surface area contributed by atoms with Crippen LogP contribution in [0.25, 0.3) is 0 Å². The molecule has 0 atom stereocenters. The van der Waals surface area contributed by atoms with Crippen LogP contribution >= 0.6 is 0 Å². The molecule has 0 bridgehead atoms. The van der Waals surface area contributed by atoms with Gasteiger partial charge in [-0.1, -0.05) is 17.2 Å². The molecule has 1 aromatic carbocycles. The summed E-state index contributed by atoms with van der Waals surface area (Å²) in [6.07, 6.45) is 6.32. The molecule has 2 saturated heterocycles. The lowest BCUT2D eigenvalue weighted by atomic mass is 9.72. The van der Waals surface area contributed by atoms with E-state index in [-0.39, 0.29) is 11.3 Å². The predicted octanol–water partition coefficient (Wildman–Crippen LogP) is 3.56. The Bertz CT molecular complexity index is 695. The van der Waals surface area contributed by atoms with Crippen LogP contribution in [-0.2, 0) is 4.79 Å². The van der Waals surface area contributed by atoms with Gasteiger partial charge in [0.1, 0.15) is 0 Å². The molecule has 0 N–H and O–H groups in total. The number of carbonyl (C=O) groups is 2. The standard InChI is InChI=1S/C22H30N2O2/c1-16-11-17(2)13-19(12-16)21(26)23-9-7-22(8-10-23)6-5-20(25)24(15-22)14-18-3-4-18/h11-13,18H,3-10,14-15H2,1-2H3. The number of carbonyl (C=O) groups excluding carboxylic acids is 2. The highest BCUT2D eigenvalue weighted by molar-refractivity contribution is 5.94. The summed E-state index contributed by atoms with van der Waals surface area (Å²) in [4.78, 5) is 29.3. The van der Waals surface area contributed by atoms with Crippen LogP contribution in [0.1, 0.15) is 60.0 Å². The summed E-state index contributed by atoms with van der Waals surface area (Å²) in [5.74, 6) is 1.25. The van der Waals surface area contributed by atoms with Crippen molar-refractivity contribution in [3.63, 3.8) is 0 Å². The van der Waals surface area contributed by atoms with Crippen LogP contribution < -0.4 is 0 Å². The molecule has 3 aliphatic rings. The van der Waals surface area contributed by atoms with Crippen molar-refractivity contribution in [3.05, 3.63) is 34.9 Å². The maximum atomic E-state index is 12.9. The number of rotatable bonds is 3. The molecule has 2 amide bonds. The van der Waals surface area contributed by atoms with Gasteiger partial charge in [-0.2, -0.15) is 0 Å². The van der Waals surface area contributed by atoms with Crippen LogP contribution in [0.5, 0.6) is 0 Å². The summed E-state index contributed by atoms with van der Waals surface area (Å²) in [7, 11) is 0. The molecule has 4 nitrogen and oxygen atoms in total. The van der Waals surface area contributed by atoms with Gasteiger partial charge in [0.25, 0.3) is 5.91 Å². The molecule has 140 valence electrons. The minimum atomic E-state index is 0.161. The molecule has 1 saturated carbocycles. The van der Waals surface area contributed by atoms with Gasteiger partial charge in [0.2, 0.25) is 5.91 Å². The number of aryl methyl sites for hydroxylation is 2. The third kappa shape index (κ3) is 3.65. The van der Waals surface area contributed by atoms with E-state index in [1.807, 2.05) is 30.9 Å². The highest BCUT2D eigenvalue weighted by Crippen LogP contribution is 2.42. The molecule has 2 heterocycles. The van der Waals surface area contributed by atoms with Gasteiger partial charge >= 0.3 is 0 Å². The lowest BCUT2D eigenvalue weighted by molar-refractivity contribution is -0.139. The van der Waals surface area contributed by atoms with E-state index < -0.39 is 0 Å². The van der Waals surface area contributed by atoms with E-state index in [9.17, 15) is 9.59 Å². The minimum absolute atomic E-state index is 0.161. The van der Waals surface area contributed by atoms with Gasteiger partial charge in [0, 0.05) is 38.2 Å². The zero-order valence-electron chi connectivity index (χ0n) is 16.1. The zero-order valence-corrected chi connectivity index (χ0v) is 16.1. The molecular formula is C22H30N2O2. The first-order chi connectivity index (χ1) is 12.4. The Morgan fingerprint density at radius 3 is 2.35 bits per heavy atom. The van der Waals surface area contributed by atoms with E-state index in [1.54, 1.807) is 0 Å². The molecule has 1 aliphatic carbocycles. The summed E-state index contributed by atoms with van der Waals surface area (Å²) in [5, 5.41) is 0. The molecule has 1 aromatic rings. The highest BCUT2D eigenvalue weighted by Gasteiger charge is 2.42. The maximum absolute atomic E-state index is 12.9. The van der Waals surface area contributed by atoms with Crippen molar-refractivity contribution < 1.29 is 9.59 Å². The number of hydrogen-bond donors (Lipinski definition) is 0. The largest absolute Gasteiger partial charge is 0.342 e. The SMILES string of the molecule is Cc1cc(C)cc(C(=O)N2CCC3(CCC(=O)N(CC4CC4)C3)CC2)c1. The number of amides is 2. The summed E-state index contributed by atoms with van der Waals surface area (Å²) < 4.78 is 0. The van der Waals surface area contributed by atoms with Crippen molar-refractivity contribution in [3.8, 4) is 0 Å². The first-order valence-corrected chi connectivity index (χ1v) is 10.1. The smallest absolute Gasteiger partial charge is 0.253 e. The summed E-state index contributed by atoms with van der Waals surface area (Å²) in [6, 6.07) is 6.10. The van der Waals surface area contributed by atoms with Gasteiger partial charge < -0.3 is 9.80 Å². The average Bonchev–Trinajstić information content (AvgIpc) is 3.42. The molecule has 1 spiro atoms. The molecule has 0 aromatic heterocycles. The molecule has 0 radical (unpaired) electrons. The fourth-order valence-corrected chi connectivity index (χ4v) is 4.75. The molecule has 2 aliphatic heterocycles. The number of piperidine rings is 2. The first-order valence-electron chi connectivity index (χ1n) is 10.1. The van der Waals surface area contributed by atoms with Crippen LogP contribution in [0.15, 0.2) is 18.2 Å². The third-order valence-electron chi connectivity index (χ3n) is 6.50. The van der Waals surface area contributed by atoms with Gasteiger partial charge in [-0.05, 0) is 69.4 Å². The Morgan fingerprint density at radius 1 is 1.08 bits per heavy atom. The summed E-state index contributed by atoms with van der Waals surface area (Å²) in [6.45, 7) is 7.60. The van der Waals surface area contributed by atoms with Crippen molar-refractivity contribution >= 4 is 11.8 Å². The number of nitrogens with zero attached hydrogens (tertiary/aromatic N) is 2.